The fourth-order valence-electron chi connectivity index (χ4n) is 1.34. The summed E-state index contributed by atoms with van der Waals surface area (Å²) in [6.45, 7) is 0. The summed E-state index contributed by atoms with van der Waals surface area (Å²) in [6.07, 6.45) is 0. The van der Waals surface area contributed by atoms with Crippen molar-refractivity contribution in [1.29, 1.82) is 0 Å². The molecule has 0 amide bonds. The van der Waals surface area contributed by atoms with E-state index < -0.39 is 5.97 Å². The molecule has 2 aromatic rings. The Balaban J connectivity index is 2.24. The van der Waals surface area contributed by atoms with Gasteiger partial charge in [-0.15, -0.1) is 0 Å². The number of ether oxygens (including phenoxy) is 1. The van der Waals surface area contributed by atoms with Crippen molar-refractivity contribution in [3.8, 4) is 5.75 Å². The van der Waals surface area contributed by atoms with Gasteiger partial charge in [0.1, 0.15) is 5.75 Å². The molecule has 0 saturated carbocycles. The molecule has 0 bridgehead atoms. The number of carbonyl (C=O) groups is 1. The van der Waals surface area contributed by atoms with Gasteiger partial charge in [0.05, 0.1) is 10.6 Å². The van der Waals surface area contributed by atoms with Gasteiger partial charge < -0.3 is 4.74 Å². The average Bonchev–Trinajstić information content (AvgIpc) is 2.33. The zero-order chi connectivity index (χ0) is 13.1. The van der Waals surface area contributed by atoms with E-state index in [0.717, 1.165) is 0 Å². The topological polar surface area (TPSA) is 26.3 Å². The van der Waals surface area contributed by atoms with Crippen LogP contribution in [-0.4, -0.2) is 5.97 Å². The third-order valence-corrected chi connectivity index (χ3v) is 3.41. The van der Waals surface area contributed by atoms with E-state index in [-0.39, 0.29) is 5.75 Å². The number of carbonyl (C=O) groups excluding carboxylic acids is 1. The summed E-state index contributed by atoms with van der Waals surface area (Å²) in [5, 5.41) is 0.781. The van der Waals surface area contributed by atoms with E-state index in [0.29, 0.717) is 20.1 Å². The largest absolute Gasteiger partial charge is 0.421 e. The van der Waals surface area contributed by atoms with E-state index in [9.17, 15) is 4.79 Å². The standard InChI is InChI=1S/C13H7BrCl2O2/c14-10-4-2-1-3-9(10)13(17)18-12-6-5-8(15)7-11(12)16/h1-7H. The van der Waals surface area contributed by atoms with E-state index in [1.54, 1.807) is 30.3 Å². The van der Waals surface area contributed by atoms with Gasteiger partial charge in [-0.2, -0.15) is 0 Å². The molecule has 0 aliphatic carbocycles. The van der Waals surface area contributed by atoms with Crippen molar-refractivity contribution in [1.82, 2.24) is 0 Å². The predicted octanol–water partition coefficient (Wildman–Crippen LogP) is 4.98. The minimum Gasteiger partial charge on any atom is -0.421 e. The van der Waals surface area contributed by atoms with Crippen LogP contribution in [0.4, 0.5) is 0 Å². The minimum atomic E-state index is -0.480. The highest BCUT2D eigenvalue weighted by atomic mass is 79.9. The molecular formula is C13H7BrCl2O2. The Labute approximate surface area is 123 Å². The summed E-state index contributed by atoms with van der Waals surface area (Å²) in [5.74, 6) is -0.200. The van der Waals surface area contributed by atoms with Crippen LogP contribution in [0.15, 0.2) is 46.9 Å². The number of rotatable bonds is 2. The van der Waals surface area contributed by atoms with Crippen LogP contribution in [0, 0.1) is 0 Å². The summed E-state index contributed by atoms with van der Waals surface area (Å²) in [7, 11) is 0. The van der Waals surface area contributed by atoms with E-state index in [2.05, 4.69) is 15.9 Å². The second kappa shape index (κ2) is 5.74. The van der Waals surface area contributed by atoms with Crippen molar-refractivity contribution in [2.75, 3.05) is 0 Å². The van der Waals surface area contributed by atoms with Crippen LogP contribution in [0.1, 0.15) is 10.4 Å². The van der Waals surface area contributed by atoms with Crippen LogP contribution in [0.5, 0.6) is 5.75 Å². The Bertz CT molecular complexity index is 599. The summed E-state index contributed by atoms with van der Waals surface area (Å²) >= 11 is 15.0. The summed E-state index contributed by atoms with van der Waals surface area (Å²) < 4.78 is 5.87. The van der Waals surface area contributed by atoms with Gasteiger partial charge in [0.15, 0.2) is 0 Å². The highest BCUT2D eigenvalue weighted by Crippen LogP contribution is 2.28. The summed E-state index contributed by atoms with van der Waals surface area (Å²) in [6, 6.07) is 11.7. The van der Waals surface area contributed by atoms with Crippen molar-refractivity contribution in [2.45, 2.75) is 0 Å². The van der Waals surface area contributed by atoms with Gasteiger partial charge in [-0.25, -0.2) is 4.79 Å². The summed E-state index contributed by atoms with van der Waals surface area (Å²) in [5.41, 5.74) is 0.434. The molecular weight excluding hydrogens is 339 g/mol. The molecule has 92 valence electrons. The molecule has 18 heavy (non-hydrogen) atoms. The number of esters is 1. The number of halogens is 3. The molecule has 2 aromatic carbocycles. The molecule has 0 radical (unpaired) electrons. The van der Waals surface area contributed by atoms with Gasteiger partial charge in [0.2, 0.25) is 0 Å². The van der Waals surface area contributed by atoms with Crippen molar-refractivity contribution in [3.05, 3.63) is 62.5 Å². The Morgan fingerprint density at radius 1 is 1.11 bits per heavy atom. The fraction of sp³-hybridized carbons (Fsp3) is 0. The van der Waals surface area contributed by atoms with Gasteiger partial charge in [-0.1, -0.05) is 35.3 Å². The molecule has 0 spiro atoms. The van der Waals surface area contributed by atoms with Crippen molar-refractivity contribution in [2.24, 2.45) is 0 Å². The van der Waals surface area contributed by atoms with E-state index >= 15 is 0 Å². The molecule has 0 fully saturated rings. The molecule has 5 heteroatoms. The monoisotopic (exact) mass is 344 g/mol. The number of hydrogen-bond acceptors (Lipinski definition) is 2. The quantitative estimate of drug-likeness (QED) is 0.567. The first-order valence-electron chi connectivity index (χ1n) is 4.99. The Hall–Kier alpha value is -1.03. The van der Waals surface area contributed by atoms with Crippen LogP contribution < -0.4 is 4.74 Å². The maximum Gasteiger partial charge on any atom is 0.344 e. The van der Waals surface area contributed by atoms with Crippen molar-refractivity contribution < 1.29 is 9.53 Å². The first-order valence-corrected chi connectivity index (χ1v) is 6.54. The number of benzene rings is 2. The molecule has 0 saturated heterocycles. The van der Waals surface area contributed by atoms with Crippen LogP contribution in [-0.2, 0) is 0 Å². The maximum atomic E-state index is 11.9. The van der Waals surface area contributed by atoms with Gasteiger partial charge in [-0.05, 0) is 46.3 Å². The molecule has 0 N–H and O–H groups in total. The van der Waals surface area contributed by atoms with Gasteiger partial charge >= 0.3 is 5.97 Å². The highest BCUT2D eigenvalue weighted by molar-refractivity contribution is 9.10. The molecule has 0 atom stereocenters. The fourth-order valence-corrected chi connectivity index (χ4v) is 2.23. The lowest BCUT2D eigenvalue weighted by Gasteiger charge is -2.07. The van der Waals surface area contributed by atoms with Gasteiger partial charge in [0.25, 0.3) is 0 Å². The zero-order valence-electron chi connectivity index (χ0n) is 8.99. The third-order valence-electron chi connectivity index (χ3n) is 2.19. The maximum absolute atomic E-state index is 11.9. The lowest BCUT2D eigenvalue weighted by molar-refractivity contribution is 0.0734. The first kappa shape index (κ1) is 13.4. The summed E-state index contributed by atoms with van der Waals surface area (Å²) in [4.78, 5) is 11.9. The SMILES string of the molecule is O=C(Oc1ccc(Cl)cc1Cl)c1ccccc1Br. The molecule has 0 aromatic heterocycles. The molecule has 0 aliphatic heterocycles. The van der Waals surface area contributed by atoms with E-state index in [1.807, 2.05) is 6.07 Å². The van der Waals surface area contributed by atoms with E-state index in [4.69, 9.17) is 27.9 Å². The minimum absolute atomic E-state index is 0.279. The molecule has 0 unspecified atom stereocenters. The highest BCUT2D eigenvalue weighted by Gasteiger charge is 2.13. The molecule has 2 nitrogen and oxygen atoms in total. The van der Waals surface area contributed by atoms with Crippen LogP contribution >= 0.6 is 39.1 Å². The lowest BCUT2D eigenvalue weighted by Crippen LogP contribution is -2.09. The Morgan fingerprint density at radius 3 is 2.50 bits per heavy atom. The lowest BCUT2D eigenvalue weighted by atomic mass is 10.2. The second-order valence-corrected chi connectivity index (χ2v) is 5.14. The van der Waals surface area contributed by atoms with E-state index in [1.165, 1.54) is 6.07 Å². The van der Waals surface area contributed by atoms with Crippen LogP contribution in [0.2, 0.25) is 10.0 Å². The first-order chi connectivity index (χ1) is 8.58. The van der Waals surface area contributed by atoms with Crippen molar-refractivity contribution >= 4 is 45.1 Å². The number of hydrogen-bond donors (Lipinski definition) is 0. The Morgan fingerprint density at radius 2 is 1.83 bits per heavy atom. The molecule has 2 rings (SSSR count). The molecule has 0 aliphatic rings. The smallest absolute Gasteiger partial charge is 0.344 e. The zero-order valence-corrected chi connectivity index (χ0v) is 12.1. The van der Waals surface area contributed by atoms with Gasteiger partial charge in [-0.3, -0.25) is 0 Å². The van der Waals surface area contributed by atoms with Crippen LogP contribution in [0.3, 0.4) is 0 Å². The third kappa shape index (κ3) is 3.05. The van der Waals surface area contributed by atoms with Gasteiger partial charge in [0, 0.05) is 9.50 Å². The van der Waals surface area contributed by atoms with Crippen molar-refractivity contribution in [3.63, 3.8) is 0 Å². The van der Waals surface area contributed by atoms with Crippen LogP contribution in [0.25, 0.3) is 0 Å². The Kier molecular flexibility index (Phi) is 4.27. The average molecular weight is 346 g/mol. The molecule has 0 heterocycles. The predicted molar refractivity (Wildman–Crippen MR) is 75.6 cm³/mol. The normalized spacial score (nSPS) is 10.2. The second-order valence-electron chi connectivity index (χ2n) is 3.44.